The van der Waals surface area contributed by atoms with Gasteiger partial charge in [0.25, 0.3) is 0 Å². The topological polar surface area (TPSA) is 35.8 Å². The quantitative estimate of drug-likeness (QED) is 0.676. The summed E-state index contributed by atoms with van der Waals surface area (Å²) < 4.78 is 0. The number of hydrogen-bond donors (Lipinski definition) is 1. The molecule has 1 aliphatic carbocycles. The molecule has 0 spiro atoms. The normalized spacial score (nSPS) is 29.2. The first-order chi connectivity index (χ1) is 6.36. The second-order valence-corrected chi connectivity index (χ2v) is 4.09. The van der Waals surface area contributed by atoms with Gasteiger partial charge in [-0.25, -0.2) is 0 Å². The highest BCUT2D eigenvalue weighted by molar-refractivity contribution is 4.85. The predicted molar refractivity (Wildman–Crippen MR) is 54.2 cm³/mol. The molecule has 1 aliphatic rings. The van der Waals surface area contributed by atoms with Crippen LogP contribution in [-0.2, 0) is 0 Å². The first kappa shape index (κ1) is 10.5. The van der Waals surface area contributed by atoms with Gasteiger partial charge in [0.1, 0.15) is 0 Å². The lowest BCUT2D eigenvalue weighted by Gasteiger charge is -2.12. The number of hydrogen-bond acceptors (Lipinski definition) is 2. The molecule has 0 aliphatic heterocycles. The van der Waals surface area contributed by atoms with E-state index in [-0.39, 0.29) is 0 Å². The highest BCUT2D eigenvalue weighted by Gasteiger charge is 2.17. The van der Waals surface area contributed by atoms with E-state index < -0.39 is 0 Å². The summed E-state index contributed by atoms with van der Waals surface area (Å²) in [7, 11) is 2.01. The third-order valence-corrected chi connectivity index (χ3v) is 3.07. The lowest BCUT2D eigenvalue weighted by molar-refractivity contribution is 0.418. The van der Waals surface area contributed by atoms with Crippen LogP contribution in [0.3, 0.4) is 0 Å². The first-order valence-electron chi connectivity index (χ1n) is 5.41. The van der Waals surface area contributed by atoms with Crippen molar-refractivity contribution in [1.29, 1.82) is 5.26 Å². The van der Waals surface area contributed by atoms with E-state index >= 15 is 0 Å². The molecule has 0 saturated heterocycles. The molecular weight excluding hydrogens is 160 g/mol. The maximum Gasteiger partial charge on any atom is 0.0655 e. The predicted octanol–water partition coefficient (Wildman–Crippen LogP) is 2.32. The SMILES string of the molecule is CNCCC1CCCC(C#N)CC1. The molecule has 0 amide bonds. The van der Waals surface area contributed by atoms with Crippen molar-refractivity contribution >= 4 is 0 Å². The third-order valence-electron chi connectivity index (χ3n) is 3.07. The highest BCUT2D eigenvalue weighted by Crippen LogP contribution is 2.28. The van der Waals surface area contributed by atoms with Crippen LogP contribution in [0.25, 0.3) is 0 Å². The van der Waals surface area contributed by atoms with Crippen molar-refractivity contribution in [1.82, 2.24) is 5.32 Å². The Kier molecular flexibility index (Phi) is 4.85. The number of nitriles is 1. The maximum absolute atomic E-state index is 8.82. The minimum atomic E-state index is 0.347. The van der Waals surface area contributed by atoms with Crippen LogP contribution in [0.2, 0.25) is 0 Å². The maximum atomic E-state index is 8.82. The van der Waals surface area contributed by atoms with E-state index in [9.17, 15) is 0 Å². The molecule has 1 saturated carbocycles. The Hall–Kier alpha value is -0.550. The summed E-state index contributed by atoms with van der Waals surface area (Å²) in [5, 5.41) is 12.0. The van der Waals surface area contributed by atoms with Crippen molar-refractivity contribution in [3.63, 3.8) is 0 Å². The van der Waals surface area contributed by atoms with E-state index in [2.05, 4.69) is 11.4 Å². The summed E-state index contributed by atoms with van der Waals surface area (Å²) in [6.45, 7) is 1.13. The fourth-order valence-corrected chi connectivity index (χ4v) is 2.14. The third kappa shape index (κ3) is 3.78. The Labute approximate surface area is 81.3 Å². The molecule has 0 aromatic rings. The van der Waals surface area contributed by atoms with Gasteiger partial charge in [0, 0.05) is 5.92 Å². The van der Waals surface area contributed by atoms with E-state index in [0.29, 0.717) is 5.92 Å². The second kappa shape index (κ2) is 5.99. The van der Waals surface area contributed by atoms with Crippen molar-refractivity contribution in [3.8, 4) is 6.07 Å². The lowest BCUT2D eigenvalue weighted by Crippen LogP contribution is -2.12. The van der Waals surface area contributed by atoms with Gasteiger partial charge in [-0.15, -0.1) is 0 Å². The van der Waals surface area contributed by atoms with Crippen molar-refractivity contribution in [2.24, 2.45) is 11.8 Å². The van der Waals surface area contributed by atoms with Crippen molar-refractivity contribution in [2.45, 2.75) is 38.5 Å². The molecule has 2 heteroatoms. The molecule has 2 nitrogen and oxygen atoms in total. The average molecular weight is 180 g/mol. The van der Waals surface area contributed by atoms with Gasteiger partial charge in [0.15, 0.2) is 0 Å². The van der Waals surface area contributed by atoms with Gasteiger partial charge >= 0.3 is 0 Å². The van der Waals surface area contributed by atoms with E-state index in [4.69, 9.17) is 5.26 Å². The smallest absolute Gasteiger partial charge is 0.0655 e. The van der Waals surface area contributed by atoms with Crippen LogP contribution in [0, 0.1) is 23.2 Å². The standard InChI is InChI=1S/C11H20N2/c1-13-8-7-10-3-2-4-11(9-12)6-5-10/h10-11,13H,2-8H2,1H3. The molecule has 0 aromatic carbocycles. The summed E-state index contributed by atoms with van der Waals surface area (Å²) in [5.41, 5.74) is 0. The van der Waals surface area contributed by atoms with E-state index in [1.54, 1.807) is 0 Å². The number of nitrogens with one attached hydrogen (secondary N) is 1. The summed E-state index contributed by atoms with van der Waals surface area (Å²) in [5.74, 6) is 1.21. The zero-order valence-corrected chi connectivity index (χ0v) is 8.55. The van der Waals surface area contributed by atoms with Crippen LogP contribution in [0.15, 0.2) is 0 Å². The molecular formula is C11H20N2. The molecule has 2 atom stereocenters. The van der Waals surface area contributed by atoms with Crippen LogP contribution >= 0.6 is 0 Å². The fourth-order valence-electron chi connectivity index (χ4n) is 2.14. The van der Waals surface area contributed by atoms with E-state index in [1.165, 1.54) is 25.7 Å². The Balaban J connectivity index is 2.24. The van der Waals surface area contributed by atoms with Crippen LogP contribution < -0.4 is 5.32 Å². The monoisotopic (exact) mass is 180 g/mol. The Morgan fingerprint density at radius 2 is 2.15 bits per heavy atom. The minimum absolute atomic E-state index is 0.347. The van der Waals surface area contributed by atoms with Crippen LogP contribution in [-0.4, -0.2) is 13.6 Å². The van der Waals surface area contributed by atoms with Crippen LogP contribution in [0.5, 0.6) is 0 Å². The largest absolute Gasteiger partial charge is 0.320 e. The van der Waals surface area contributed by atoms with Gasteiger partial charge in [-0.2, -0.15) is 5.26 Å². The minimum Gasteiger partial charge on any atom is -0.320 e. The second-order valence-electron chi connectivity index (χ2n) is 4.09. The van der Waals surface area contributed by atoms with Gasteiger partial charge < -0.3 is 5.32 Å². The fraction of sp³-hybridized carbons (Fsp3) is 0.909. The van der Waals surface area contributed by atoms with Gasteiger partial charge in [0.2, 0.25) is 0 Å². The summed E-state index contributed by atoms with van der Waals surface area (Å²) in [6.07, 6.45) is 7.40. The molecule has 1 fully saturated rings. The summed E-state index contributed by atoms with van der Waals surface area (Å²) in [4.78, 5) is 0. The average Bonchev–Trinajstić information content (AvgIpc) is 2.39. The van der Waals surface area contributed by atoms with Gasteiger partial charge in [-0.1, -0.05) is 12.8 Å². The first-order valence-corrected chi connectivity index (χ1v) is 5.41. The molecule has 1 N–H and O–H groups in total. The van der Waals surface area contributed by atoms with Crippen molar-refractivity contribution in [3.05, 3.63) is 0 Å². The zero-order chi connectivity index (χ0) is 9.52. The molecule has 13 heavy (non-hydrogen) atoms. The Morgan fingerprint density at radius 1 is 1.31 bits per heavy atom. The lowest BCUT2D eigenvalue weighted by atomic mass is 9.96. The van der Waals surface area contributed by atoms with Crippen molar-refractivity contribution < 1.29 is 0 Å². The van der Waals surface area contributed by atoms with Gasteiger partial charge in [0.05, 0.1) is 6.07 Å². The van der Waals surface area contributed by atoms with Crippen molar-refractivity contribution in [2.75, 3.05) is 13.6 Å². The Morgan fingerprint density at radius 3 is 2.85 bits per heavy atom. The molecule has 0 aromatic heterocycles. The van der Waals surface area contributed by atoms with E-state index in [1.807, 2.05) is 7.05 Å². The van der Waals surface area contributed by atoms with E-state index in [0.717, 1.165) is 25.3 Å². The molecule has 74 valence electrons. The summed E-state index contributed by atoms with van der Waals surface area (Å²) >= 11 is 0. The molecule has 0 bridgehead atoms. The number of nitrogens with zero attached hydrogens (tertiary/aromatic N) is 1. The van der Waals surface area contributed by atoms with Crippen LogP contribution in [0.1, 0.15) is 38.5 Å². The molecule has 1 rings (SSSR count). The van der Waals surface area contributed by atoms with Crippen LogP contribution in [0.4, 0.5) is 0 Å². The highest BCUT2D eigenvalue weighted by atomic mass is 14.8. The Bertz CT molecular complexity index is 171. The summed E-state index contributed by atoms with van der Waals surface area (Å²) in [6, 6.07) is 2.40. The number of rotatable bonds is 3. The zero-order valence-electron chi connectivity index (χ0n) is 8.55. The van der Waals surface area contributed by atoms with Gasteiger partial charge in [-0.05, 0) is 45.2 Å². The molecule has 0 radical (unpaired) electrons. The molecule has 0 heterocycles. The van der Waals surface area contributed by atoms with Gasteiger partial charge in [-0.3, -0.25) is 0 Å². The molecule has 2 unspecified atom stereocenters.